The predicted octanol–water partition coefficient (Wildman–Crippen LogP) is 5.61. The molecule has 2 heterocycles. The summed E-state index contributed by atoms with van der Waals surface area (Å²) in [6.45, 7) is 0. The van der Waals surface area contributed by atoms with Crippen molar-refractivity contribution in [3.8, 4) is 22.8 Å². The third-order valence-electron chi connectivity index (χ3n) is 6.38. The van der Waals surface area contributed by atoms with Crippen LogP contribution in [0.2, 0.25) is 5.02 Å². The standard InChI is InChI=1S/C27H26ClFN6O3S/c28-25-22(35-39(36,37)19-4-2-1-3-5-19)10-11-24(26(25)29)38-23-13-14-31-16-20(23)21-12-15-32-27(34-21)33-18-8-6-17(30)7-9-18/h1-5,10-18,35H,6-9,30H2,(H,32,33,34). The summed E-state index contributed by atoms with van der Waals surface area (Å²) in [6.07, 6.45) is 8.45. The molecule has 1 aliphatic carbocycles. The van der Waals surface area contributed by atoms with E-state index in [-0.39, 0.29) is 34.2 Å². The summed E-state index contributed by atoms with van der Waals surface area (Å²) in [6, 6.07) is 14.1. The molecule has 2 aromatic heterocycles. The summed E-state index contributed by atoms with van der Waals surface area (Å²) in [7, 11) is -3.96. The first-order valence-corrected chi connectivity index (χ1v) is 14.2. The summed E-state index contributed by atoms with van der Waals surface area (Å²) in [5.41, 5.74) is 6.93. The van der Waals surface area contributed by atoms with Crippen LogP contribution in [-0.2, 0) is 10.0 Å². The van der Waals surface area contributed by atoms with Crippen molar-refractivity contribution in [2.45, 2.75) is 42.7 Å². The number of ether oxygens (including phenoxy) is 1. The van der Waals surface area contributed by atoms with Crippen molar-refractivity contribution >= 4 is 33.3 Å². The molecular formula is C27H26ClFN6O3S. The molecule has 1 fully saturated rings. The number of sulfonamides is 1. The summed E-state index contributed by atoms with van der Waals surface area (Å²) >= 11 is 6.21. The molecule has 202 valence electrons. The second-order valence-corrected chi connectivity index (χ2v) is 11.2. The lowest BCUT2D eigenvalue weighted by atomic mass is 9.92. The molecule has 39 heavy (non-hydrogen) atoms. The minimum absolute atomic E-state index is 0.0222. The van der Waals surface area contributed by atoms with E-state index in [1.165, 1.54) is 30.5 Å². The van der Waals surface area contributed by atoms with E-state index in [0.29, 0.717) is 17.2 Å². The zero-order chi connectivity index (χ0) is 27.4. The van der Waals surface area contributed by atoms with Gasteiger partial charge in [0.25, 0.3) is 10.0 Å². The number of nitrogens with one attached hydrogen (secondary N) is 2. The smallest absolute Gasteiger partial charge is 0.261 e. The topological polar surface area (TPSA) is 132 Å². The van der Waals surface area contributed by atoms with Gasteiger partial charge in [-0.2, -0.15) is 0 Å². The van der Waals surface area contributed by atoms with Crippen LogP contribution in [0.15, 0.2) is 78.1 Å². The van der Waals surface area contributed by atoms with Gasteiger partial charge >= 0.3 is 0 Å². The first-order valence-electron chi connectivity index (χ1n) is 12.3. The molecule has 1 saturated carbocycles. The molecule has 0 saturated heterocycles. The SMILES string of the molecule is NC1CCC(Nc2nccc(-c3cnccc3Oc3ccc(NS(=O)(=O)c4ccccc4)c(Cl)c3F)n2)CC1. The Labute approximate surface area is 230 Å². The lowest BCUT2D eigenvalue weighted by Crippen LogP contribution is -2.33. The Morgan fingerprint density at radius 2 is 1.74 bits per heavy atom. The number of anilines is 2. The lowest BCUT2D eigenvalue weighted by molar-refractivity contribution is 0.410. The Hall–Kier alpha value is -3.80. The molecule has 5 rings (SSSR count). The second kappa shape index (κ2) is 11.5. The molecule has 0 unspecified atom stereocenters. The highest BCUT2D eigenvalue weighted by atomic mass is 35.5. The van der Waals surface area contributed by atoms with Gasteiger partial charge in [0.05, 0.1) is 21.8 Å². The van der Waals surface area contributed by atoms with E-state index in [2.05, 4.69) is 25.0 Å². The van der Waals surface area contributed by atoms with Crippen molar-refractivity contribution in [1.29, 1.82) is 0 Å². The molecule has 0 spiro atoms. The molecule has 2 aromatic carbocycles. The number of aromatic nitrogens is 3. The Balaban J connectivity index is 1.37. The Bertz CT molecular complexity index is 1570. The van der Waals surface area contributed by atoms with Crippen molar-refractivity contribution in [2.24, 2.45) is 5.73 Å². The van der Waals surface area contributed by atoms with Gasteiger partial charge in [0.15, 0.2) is 11.6 Å². The normalized spacial score (nSPS) is 17.4. The van der Waals surface area contributed by atoms with Gasteiger partial charge in [-0.25, -0.2) is 22.8 Å². The number of pyridine rings is 1. The number of halogens is 2. The maximum atomic E-state index is 15.3. The largest absolute Gasteiger partial charge is 0.453 e. The second-order valence-electron chi connectivity index (χ2n) is 9.15. The number of nitrogens with two attached hydrogens (primary N) is 1. The Kier molecular flexibility index (Phi) is 7.92. The quantitative estimate of drug-likeness (QED) is 0.250. The molecule has 0 radical (unpaired) electrons. The maximum Gasteiger partial charge on any atom is 0.261 e. The van der Waals surface area contributed by atoms with E-state index in [4.69, 9.17) is 22.1 Å². The van der Waals surface area contributed by atoms with Gasteiger partial charge in [-0.15, -0.1) is 0 Å². The van der Waals surface area contributed by atoms with Crippen molar-refractivity contribution < 1.29 is 17.5 Å². The minimum Gasteiger partial charge on any atom is -0.453 e. The van der Waals surface area contributed by atoms with E-state index in [1.807, 2.05) is 0 Å². The van der Waals surface area contributed by atoms with Gasteiger partial charge in [-0.3, -0.25) is 9.71 Å². The number of hydrogen-bond acceptors (Lipinski definition) is 8. The Morgan fingerprint density at radius 3 is 2.51 bits per heavy atom. The van der Waals surface area contributed by atoms with Crippen LogP contribution in [-0.4, -0.2) is 35.5 Å². The number of benzene rings is 2. The van der Waals surface area contributed by atoms with Crippen LogP contribution in [0.25, 0.3) is 11.3 Å². The molecule has 9 nitrogen and oxygen atoms in total. The van der Waals surface area contributed by atoms with Gasteiger partial charge in [-0.1, -0.05) is 29.8 Å². The van der Waals surface area contributed by atoms with Gasteiger partial charge in [-0.05, 0) is 62.1 Å². The predicted molar refractivity (Wildman–Crippen MR) is 148 cm³/mol. The molecule has 1 aliphatic rings. The van der Waals surface area contributed by atoms with Crippen LogP contribution >= 0.6 is 11.6 Å². The molecule has 4 aromatic rings. The zero-order valence-electron chi connectivity index (χ0n) is 20.7. The van der Waals surface area contributed by atoms with Gasteiger partial charge in [0, 0.05) is 30.7 Å². The van der Waals surface area contributed by atoms with Crippen molar-refractivity contribution in [2.75, 3.05) is 10.0 Å². The van der Waals surface area contributed by atoms with Crippen LogP contribution < -0.4 is 20.5 Å². The van der Waals surface area contributed by atoms with Crippen LogP contribution in [0.3, 0.4) is 0 Å². The van der Waals surface area contributed by atoms with Crippen LogP contribution in [0.1, 0.15) is 25.7 Å². The van der Waals surface area contributed by atoms with Gasteiger partial charge in [0.2, 0.25) is 5.95 Å². The average Bonchev–Trinajstić information content (AvgIpc) is 2.95. The van der Waals surface area contributed by atoms with E-state index in [9.17, 15) is 8.42 Å². The number of nitrogens with zero attached hydrogens (tertiary/aromatic N) is 3. The minimum atomic E-state index is -3.96. The van der Waals surface area contributed by atoms with Crippen molar-refractivity contribution in [3.05, 3.63) is 84.0 Å². The summed E-state index contributed by atoms with van der Waals surface area (Å²) in [5.74, 6) is -0.368. The van der Waals surface area contributed by atoms with Crippen LogP contribution in [0.4, 0.5) is 16.0 Å². The molecule has 0 bridgehead atoms. The van der Waals surface area contributed by atoms with Crippen molar-refractivity contribution in [1.82, 2.24) is 15.0 Å². The lowest BCUT2D eigenvalue weighted by Gasteiger charge is -2.26. The van der Waals surface area contributed by atoms with Crippen LogP contribution in [0, 0.1) is 5.82 Å². The Morgan fingerprint density at radius 1 is 0.974 bits per heavy atom. The maximum absolute atomic E-state index is 15.3. The third kappa shape index (κ3) is 6.27. The van der Waals surface area contributed by atoms with Gasteiger partial charge < -0.3 is 15.8 Å². The summed E-state index contributed by atoms with van der Waals surface area (Å²) in [4.78, 5) is 13.1. The first-order chi connectivity index (χ1) is 18.8. The fourth-order valence-electron chi connectivity index (χ4n) is 4.30. The molecule has 0 aliphatic heterocycles. The highest BCUT2D eigenvalue weighted by Gasteiger charge is 2.22. The average molecular weight is 569 g/mol. The highest BCUT2D eigenvalue weighted by molar-refractivity contribution is 7.92. The number of rotatable bonds is 8. The van der Waals surface area contributed by atoms with E-state index >= 15 is 4.39 Å². The fraction of sp³-hybridized carbons (Fsp3) is 0.222. The monoisotopic (exact) mass is 568 g/mol. The zero-order valence-corrected chi connectivity index (χ0v) is 22.3. The van der Waals surface area contributed by atoms with Gasteiger partial charge in [0.1, 0.15) is 10.8 Å². The number of hydrogen-bond donors (Lipinski definition) is 3. The highest BCUT2D eigenvalue weighted by Crippen LogP contribution is 2.38. The molecule has 12 heteroatoms. The first kappa shape index (κ1) is 26.8. The van der Waals surface area contributed by atoms with Crippen molar-refractivity contribution in [3.63, 3.8) is 0 Å². The van der Waals surface area contributed by atoms with Crippen LogP contribution in [0.5, 0.6) is 11.5 Å². The molecule has 4 N–H and O–H groups in total. The van der Waals surface area contributed by atoms with E-state index in [0.717, 1.165) is 25.7 Å². The fourth-order valence-corrected chi connectivity index (χ4v) is 5.65. The van der Waals surface area contributed by atoms with E-state index in [1.54, 1.807) is 42.7 Å². The molecule has 0 atom stereocenters. The third-order valence-corrected chi connectivity index (χ3v) is 8.13. The summed E-state index contributed by atoms with van der Waals surface area (Å²) < 4.78 is 48.8. The molecular weight excluding hydrogens is 543 g/mol. The van der Waals surface area contributed by atoms with E-state index < -0.39 is 20.9 Å². The summed E-state index contributed by atoms with van der Waals surface area (Å²) in [5, 5.41) is 2.93. The molecule has 0 amide bonds.